The molecule has 2 heterocycles. The van der Waals surface area contributed by atoms with Crippen molar-refractivity contribution >= 4 is 17.6 Å². The Hall–Kier alpha value is -2.18. The topological polar surface area (TPSA) is 80.9 Å². The van der Waals surface area contributed by atoms with E-state index in [0.29, 0.717) is 11.7 Å². The number of piperidine rings is 1. The highest BCUT2D eigenvalue weighted by molar-refractivity contribution is 5.67. The van der Waals surface area contributed by atoms with Gasteiger partial charge >= 0.3 is 6.09 Å². The van der Waals surface area contributed by atoms with Crippen LogP contribution in [0.15, 0.2) is 12.1 Å². The third-order valence-electron chi connectivity index (χ3n) is 4.33. The average Bonchev–Trinajstić information content (AvgIpc) is 2.79. The molecule has 30 heavy (non-hydrogen) atoms. The SMILES string of the molecule is CC.CC.CCCN(CCC)c1cc(N)nc(OCCOC(=O)N2CCCCC2)c1. The molecule has 1 aromatic heterocycles. The van der Waals surface area contributed by atoms with Crippen LogP contribution in [0.25, 0.3) is 0 Å². The van der Waals surface area contributed by atoms with E-state index in [2.05, 4.69) is 23.7 Å². The Labute approximate surface area is 183 Å². The molecule has 1 aromatic rings. The second-order valence-electron chi connectivity index (χ2n) is 6.59. The van der Waals surface area contributed by atoms with Gasteiger partial charge in [-0.3, -0.25) is 0 Å². The Morgan fingerprint density at radius 1 is 1.03 bits per heavy atom. The number of nitrogens with zero attached hydrogens (tertiary/aromatic N) is 3. The predicted octanol–water partition coefficient (Wildman–Crippen LogP) is 5.34. The number of hydrogen-bond donors (Lipinski definition) is 1. The zero-order valence-electron chi connectivity index (χ0n) is 20.1. The molecule has 0 atom stereocenters. The second-order valence-corrected chi connectivity index (χ2v) is 6.59. The summed E-state index contributed by atoms with van der Waals surface area (Å²) in [6, 6.07) is 3.77. The van der Waals surface area contributed by atoms with Crippen molar-refractivity contribution in [2.75, 3.05) is 50.0 Å². The van der Waals surface area contributed by atoms with E-state index in [1.807, 2.05) is 39.8 Å². The second kappa shape index (κ2) is 17.7. The lowest BCUT2D eigenvalue weighted by Gasteiger charge is -2.25. The van der Waals surface area contributed by atoms with E-state index in [-0.39, 0.29) is 19.3 Å². The Kier molecular flexibility index (Phi) is 16.4. The zero-order chi connectivity index (χ0) is 22.8. The van der Waals surface area contributed by atoms with E-state index >= 15 is 0 Å². The van der Waals surface area contributed by atoms with Gasteiger partial charge in [-0.1, -0.05) is 41.5 Å². The number of nitrogen functional groups attached to an aromatic ring is 1. The van der Waals surface area contributed by atoms with E-state index in [0.717, 1.165) is 57.5 Å². The van der Waals surface area contributed by atoms with Gasteiger partial charge in [-0.05, 0) is 32.1 Å². The van der Waals surface area contributed by atoms with Crippen LogP contribution in [0.5, 0.6) is 5.88 Å². The third kappa shape index (κ3) is 10.6. The molecule has 2 N–H and O–H groups in total. The van der Waals surface area contributed by atoms with Gasteiger partial charge in [-0.15, -0.1) is 0 Å². The van der Waals surface area contributed by atoms with Crippen molar-refractivity contribution in [2.24, 2.45) is 0 Å². The van der Waals surface area contributed by atoms with Gasteiger partial charge in [-0.2, -0.15) is 4.98 Å². The number of amides is 1. The summed E-state index contributed by atoms with van der Waals surface area (Å²) in [5.41, 5.74) is 6.94. The van der Waals surface area contributed by atoms with Crippen molar-refractivity contribution < 1.29 is 14.3 Å². The number of pyridine rings is 1. The standard InChI is InChI=1S/C19H32N4O3.2C2H6/c1-3-8-22(9-4-2)16-14-17(20)21-18(15-16)25-12-13-26-19(24)23-10-6-5-7-11-23;2*1-2/h14-15H,3-13H2,1-2H3,(H2,20,21);2*1-2H3. The van der Waals surface area contributed by atoms with Crippen LogP contribution < -0.4 is 15.4 Å². The van der Waals surface area contributed by atoms with Crippen LogP contribution in [0.1, 0.15) is 73.6 Å². The third-order valence-corrected chi connectivity index (χ3v) is 4.33. The fraction of sp³-hybridized carbons (Fsp3) is 0.739. The monoisotopic (exact) mass is 424 g/mol. The van der Waals surface area contributed by atoms with Gasteiger partial charge in [0.2, 0.25) is 5.88 Å². The fourth-order valence-electron chi connectivity index (χ4n) is 3.12. The summed E-state index contributed by atoms with van der Waals surface area (Å²) in [4.78, 5) is 20.2. The molecule has 7 heteroatoms. The summed E-state index contributed by atoms with van der Waals surface area (Å²) in [7, 11) is 0. The Balaban J connectivity index is 0.00000198. The van der Waals surface area contributed by atoms with Crippen LogP contribution in [0.2, 0.25) is 0 Å². The molecule has 0 saturated carbocycles. The highest BCUT2D eigenvalue weighted by Gasteiger charge is 2.17. The molecule has 0 spiro atoms. The van der Waals surface area contributed by atoms with Crippen molar-refractivity contribution in [2.45, 2.75) is 73.6 Å². The average molecular weight is 425 g/mol. The van der Waals surface area contributed by atoms with Crippen molar-refractivity contribution in [3.63, 3.8) is 0 Å². The Morgan fingerprint density at radius 2 is 1.63 bits per heavy atom. The van der Waals surface area contributed by atoms with E-state index in [1.165, 1.54) is 6.42 Å². The Morgan fingerprint density at radius 3 is 2.20 bits per heavy atom. The first-order chi connectivity index (χ1) is 14.6. The molecule has 0 radical (unpaired) electrons. The number of nitrogens with two attached hydrogens (primary N) is 1. The number of ether oxygens (including phenoxy) is 2. The van der Waals surface area contributed by atoms with Crippen molar-refractivity contribution in [3.05, 3.63) is 12.1 Å². The molecule has 0 aromatic carbocycles. The molecule has 0 unspecified atom stereocenters. The van der Waals surface area contributed by atoms with Crippen molar-refractivity contribution in [1.29, 1.82) is 0 Å². The molecule has 174 valence electrons. The summed E-state index contributed by atoms with van der Waals surface area (Å²) in [5.74, 6) is 0.895. The van der Waals surface area contributed by atoms with Gasteiger partial charge in [0.25, 0.3) is 0 Å². The van der Waals surface area contributed by atoms with E-state index in [4.69, 9.17) is 15.2 Å². The summed E-state index contributed by atoms with van der Waals surface area (Å²) in [6.45, 7) is 16.3. The van der Waals surface area contributed by atoms with Crippen molar-refractivity contribution in [1.82, 2.24) is 9.88 Å². The van der Waals surface area contributed by atoms with E-state index < -0.39 is 0 Å². The number of carbonyl (C=O) groups is 1. The van der Waals surface area contributed by atoms with Gasteiger partial charge in [0.1, 0.15) is 19.0 Å². The smallest absolute Gasteiger partial charge is 0.409 e. The van der Waals surface area contributed by atoms with Crippen LogP contribution in [-0.2, 0) is 4.74 Å². The van der Waals surface area contributed by atoms with Crippen LogP contribution >= 0.6 is 0 Å². The number of anilines is 2. The lowest BCUT2D eigenvalue weighted by atomic mass is 10.1. The maximum absolute atomic E-state index is 12.0. The minimum atomic E-state index is -0.258. The molecule has 0 bridgehead atoms. The number of likely N-dealkylation sites (tertiary alicyclic amines) is 1. The first-order valence-electron chi connectivity index (χ1n) is 11.7. The minimum Gasteiger partial charge on any atom is -0.474 e. The highest BCUT2D eigenvalue weighted by atomic mass is 16.6. The Bertz CT molecular complexity index is 557. The molecular weight excluding hydrogens is 380 g/mol. The molecule has 2 rings (SSSR count). The molecule has 0 aliphatic carbocycles. The first kappa shape index (κ1) is 27.8. The zero-order valence-corrected chi connectivity index (χ0v) is 20.1. The van der Waals surface area contributed by atoms with Crippen LogP contribution in [0.3, 0.4) is 0 Å². The highest BCUT2D eigenvalue weighted by Crippen LogP contribution is 2.23. The van der Waals surface area contributed by atoms with Gasteiger partial charge in [-0.25, -0.2) is 4.79 Å². The summed E-state index contributed by atoms with van der Waals surface area (Å²) in [6.07, 6.45) is 5.15. The van der Waals surface area contributed by atoms with E-state index in [1.54, 1.807) is 4.90 Å². The number of hydrogen-bond acceptors (Lipinski definition) is 6. The first-order valence-corrected chi connectivity index (χ1v) is 11.7. The van der Waals surface area contributed by atoms with E-state index in [9.17, 15) is 4.79 Å². The molecule has 1 fully saturated rings. The number of aromatic nitrogens is 1. The fourth-order valence-corrected chi connectivity index (χ4v) is 3.12. The normalized spacial score (nSPS) is 12.7. The van der Waals surface area contributed by atoms with Crippen LogP contribution in [0.4, 0.5) is 16.3 Å². The maximum Gasteiger partial charge on any atom is 0.409 e. The van der Waals surface area contributed by atoms with Gasteiger partial charge in [0.05, 0.1) is 0 Å². The lowest BCUT2D eigenvalue weighted by molar-refractivity contribution is 0.0817. The number of rotatable bonds is 9. The summed E-state index contributed by atoms with van der Waals surface area (Å²) >= 11 is 0. The molecule has 7 nitrogen and oxygen atoms in total. The molecular formula is C23H44N4O3. The van der Waals surface area contributed by atoms with Gasteiger partial charge in [0, 0.05) is 44.0 Å². The van der Waals surface area contributed by atoms with Crippen molar-refractivity contribution in [3.8, 4) is 5.88 Å². The van der Waals surface area contributed by atoms with Gasteiger partial charge < -0.3 is 25.0 Å². The maximum atomic E-state index is 12.0. The summed E-state index contributed by atoms with van der Waals surface area (Å²) in [5, 5.41) is 0. The van der Waals surface area contributed by atoms with Gasteiger partial charge in [0.15, 0.2) is 0 Å². The predicted molar refractivity (Wildman–Crippen MR) is 126 cm³/mol. The molecule has 1 aliphatic rings. The number of carbonyl (C=O) groups excluding carboxylic acids is 1. The molecule has 1 amide bonds. The minimum absolute atomic E-state index is 0.203. The largest absolute Gasteiger partial charge is 0.474 e. The quantitative estimate of drug-likeness (QED) is 0.539. The van der Waals surface area contributed by atoms with Crippen LogP contribution in [-0.4, -0.2) is 55.4 Å². The lowest BCUT2D eigenvalue weighted by Crippen LogP contribution is -2.36. The van der Waals surface area contributed by atoms with Crippen LogP contribution in [0, 0.1) is 0 Å². The molecule has 1 saturated heterocycles. The summed E-state index contributed by atoms with van der Waals surface area (Å²) < 4.78 is 10.9. The molecule has 1 aliphatic heterocycles.